The van der Waals surface area contributed by atoms with Crippen LogP contribution < -0.4 is 0 Å². The molecule has 3 heterocycles. The highest BCUT2D eigenvalue weighted by Crippen LogP contribution is 2.36. The van der Waals surface area contributed by atoms with Crippen LogP contribution >= 0.6 is 11.3 Å². The van der Waals surface area contributed by atoms with Gasteiger partial charge in [0, 0.05) is 36.7 Å². The number of carboxylic acid groups (broad SMARTS) is 1. The van der Waals surface area contributed by atoms with Crippen molar-refractivity contribution >= 4 is 29.8 Å². The molecule has 1 N–H and O–H groups in total. The van der Waals surface area contributed by atoms with E-state index in [4.69, 9.17) is 14.6 Å². The molecule has 1 amide bonds. The lowest BCUT2D eigenvalue weighted by Gasteiger charge is -2.47. The maximum Gasteiger partial charge on any atom is 0.290 e. The van der Waals surface area contributed by atoms with E-state index in [-0.39, 0.29) is 18.0 Å². The maximum absolute atomic E-state index is 12.3. The molecule has 0 saturated carbocycles. The molecule has 1 aromatic heterocycles. The number of ether oxygens (including phenoxy) is 1. The summed E-state index contributed by atoms with van der Waals surface area (Å²) in [4.78, 5) is 26.1. The van der Waals surface area contributed by atoms with Gasteiger partial charge in [0.1, 0.15) is 0 Å². The molecule has 1 unspecified atom stereocenters. The highest BCUT2D eigenvalue weighted by Gasteiger charge is 2.41. The lowest BCUT2D eigenvalue weighted by Crippen LogP contribution is -2.53. The van der Waals surface area contributed by atoms with E-state index >= 15 is 0 Å². The number of hydrogen-bond donors (Lipinski definition) is 1. The lowest BCUT2D eigenvalue weighted by atomic mass is 9.82. The van der Waals surface area contributed by atoms with E-state index in [1.165, 1.54) is 0 Å². The molecule has 0 bridgehead atoms. The van der Waals surface area contributed by atoms with Crippen LogP contribution in [0.2, 0.25) is 0 Å². The SMILES string of the molecule is CN(C)C1CCOC2(CCN(C(=O)/C=C/c3cccs3)CC2)C1.O=CO. The number of hydrogen-bond acceptors (Lipinski definition) is 5. The number of nitrogens with zero attached hydrogens (tertiary/aromatic N) is 2. The Morgan fingerprint density at radius 3 is 2.69 bits per heavy atom. The molecule has 1 spiro atoms. The van der Waals surface area contributed by atoms with Crippen LogP contribution in [0.3, 0.4) is 0 Å². The van der Waals surface area contributed by atoms with Gasteiger partial charge in [-0.05, 0) is 57.3 Å². The Morgan fingerprint density at radius 2 is 2.12 bits per heavy atom. The smallest absolute Gasteiger partial charge is 0.290 e. The molecule has 1 aromatic rings. The minimum Gasteiger partial charge on any atom is -0.483 e. The van der Waals surface area contributed by atoms with Crippen LogP contribution in [0.25, 0.3) is 6.08 Å². The van der Waals surface area contributed by atoms with Crippen molar-refractivity contribution in [2.24, 2.45) is 0 Å². The maximum atomic E-state index is 12.3. The van der Waals surface area contributed by atoms with Crippen LogP contribution in [-0.4, -0.2) is 72.7 Å². The Hall–Kier alpha value is -1.70. The second-order valence-electron chi connectivity index (χ2n) is 6.92. The molecule has 0 aliphatic carbocycles. The third-order valence-electron chi connectivity index (χ3n) is 5.12. The van der Waals surface area contributed by atoms with Crippen LogP contribution in [0.1, 0.15) is 30.6 Å². The number of rotatable bonds is 3. The molecule has 3 rings (SSSR count). The molecule has 2 fully saturated rings. The van der Waals surface area contributed by atoms with Gasteiger partial charge < -0.3 is 19.6 Å². The summed E-state index contributed by atoms with van der Waals surface area (Å²) in [6.07, 6.45) is 7.73. The van der Waals surface area contributed by atoms with Crippen LogP contribution in [0.5, 0.6) is 0 Å². The Kier molecular flexibility index (Phi) is 7.81. The molecule has 6 nitrogen and oxygen atoms in total. The normalized spacial score (nSPS) is 22.3. The largest absolute Gasteiger partial charge is 0.483 e. The van der Waals surface area contributed by atoms with Gasteiger partial charge in [0.2, 0.25) is 5.91 Å². The van der Waals surface area contributed by atoms with Crippen molar-refractivity contribution in [2.45, 2.75) is 37.3 Å². The molecule has 2 aliphatic heterocycles. The summed E-state index contributed by atoms with van der Waals surface area (Å²) in [6, 6.07) is 4.63. The average molecular weight is 381 g/mol. The molecule has 144 valence electrons. The Bertz CT molecular complexity index is 593. The summed E-state index contributed by atoms with van der Waals surface area (Å²) < 4.78 is 6.15. The molecular formula is C19H28N2O4S. The standard InChI is InChI=1S/C18H26N2O2S.CH2O2/c1-19(2)15-7-12-22-18(14-15)8-10-20(11-9-18)17(21)6-5-16-4-3-13-23-16;2-1-3/h3-6,13,15H,7-12,14H2,1-2H3;1H,(H,2,3)/b6-5+;. The summed E-state index contributed by atoms with van der Waals surface area (Å²) in [5.74, 6) is 0.119. The number of piperidine rings is 1. The quantitative estimate of drug-likeness (QED) is 0.645. The number of carbonyl (C=O) groups excluding carboxylic acids is 1. The van der Waals surface area contributed by atoms with Crippen molar-refractivity contribution in [3.8, 4) is 0 Å². The van der Waals surface area contributed by atoms with Gasteiger partial charge in [0.15, 0.2) is 0 Å². The number of thiophene rings is 1. The van der Waals surface area contributed by atoms with Crippen LogP contribution in [0.4, 0.5) is 0 Å². The second-order valence-corrected chi connectivity index (χ2v) is 7.90. The van der Waals surface area contributed by atoms with E-state index in [1.807, 2.05) is 28.5 Å². The van der Waals surface area contributed by atoms with Crippen molar-refractivity contribution in [1.82, 2.24) is 9.80 Å². The number of amides is 1. The van der Waals surface area contributed by atoms with E-state index in [1.54, 1.807) is 17.4 Å². The van der Waals surface area contributed by atoms with Gasteiger partial charge in [-0.3, -0.25) is 9.59 Å². The number of carbonyl (C=O) groups is 2. The molecule has 2 saturated heterocycles. The Labute approximate surface area is 159 Å². The van der Waals surface area contributed by atoms with Crippen molar-refractivity contribution in [2.75, 3.05) is 33.8 Å². The van der Waals surface area contributed by atoms with E-state index in [0.29, 0.717) is 6.04 Å². The van der Waals surface area contributed by atoms with E-state index < -0.39 is 0 Å². The number of likely N-dealkylation sites (tertiary alicyclic amines) is 1. The summed E-state index contributed by atoms with van der Waals surface area (Å²) in [7, 11) is 4.30. The van der Waals surface area contributed by atoms with Crippen LogP contribution in [0, 0.1) is 0 Å². The summed E-state index contributed by atoms with van der Waals surface area (Å²) in [6.45, 7) is 2.19. The van der Waals surface area contributed by atoms with Gasteiger partial charge in [-0.2, -0.15) is 0 Å². The molecule has 2 aliphatic rings. The fourth-order valence-corrected chi connectivity index (χ4v) is 4.19. The Balaban J connectivity index is 0.000000758. The first-order valence-corrected chi connectivity index (χ1v) is 9.76. The second kappa shape index (κ2) is 9.85. The topological polar surface area (TPSA) is 70.1 Å². The summed E-state index contributed by atoms with van der Waals surface area (Å²) in [5, 5.41) is 8.91. The predicted octanol–water partition coefficient (Wildman–Crippen LogP) is 2.56. The van der Waals surface area contributed by atoms with Crippen molar-refractivity contribution in [3.63, 3.8) is 0 Å². The fraction of sp³-hybridized carbons (Fsp3) is 0.579. The zero-order valence-corrected chi connectivity index (χ0v) is 16.3. The van der Waals surface area contributed by atoms with E-state index in [9.17, 15) is 4.79 Å². The first kappa shape index (κ1) is 20.6. The van der Waals surface area contributed by atoms with Crippen molar-refractivity contribution < 1.29 is 19.4 Å². The zero-order chi connectivity index (χ0) is 19.0. The summed E-state index contributed by atoms with van der Waals surface area (Å²) in [5.41, 5.74) is -0.0125. The van der Waals surface area contributed by atoms with Gasteiger partial charge in [-0.1, -0.05) is 6.07 Å². The van der Waals surface area contributed by atoms with Crippen molar-refractivity contribution in [3.05, 3.63) is 28.5 Å². The van der Waals surface area contributed by atoms with Crippen molar-refractivity contribution in [1.29, 1.82) is 0 Å². The average Bonchev–Trinajstić information content (AvgIpc) is 3.15. The Morgan fingerprint density at radius 1 is 1.42 bits per heavy atom. The van der Waals surface area contributed by atoms with Gasteiger partial charge in [-0.15, -0.1) is 11.3 Å². The van der Waals surface area contributed by atoms with Gasteiger partial charge in [0.05, 0.1) is 5.60 Å². The van der Waals surface area contributed by atoms with E-state index in [0.717, 1.165) is 50.3 Å². The highest BCUT2D eigenvalue weighted by atomic mass is 32.1. The molecular weight excluding hydrogens is 352 g/mol. The molecule has 7 heteroatoms. The third kappa shape index (κ3) is 5.65. The zero-order valence-electron chi connectivity index (χ0n) is 15.5. The molecule has 0 radical (unpaired) electrons. The van der Waals surface area contributed by atoms with Crippen LogP contribution in [0.15, 0.2) is 23.6 Å². The minimum absolute atomic E-state index is 0.0125. The fourth-order valence-electron chi connectivity index (χ4n) is 3.57. The first-order chi connectivity index (χ1) is 12.5. The minimum atomic E-state index is -0.250. The molecule has 1 atom stereocenters. The van der Waals surface area contributed by atoms with Gasteiger partial charge in [-0.25, -0.2) is 0 Å². The van der Waals surface area contributed by atoms with Crippen LogP contribution in [-0.2, 0) is 14.3 Å². The monoisotopic (exact) mass is 380 g/mol. The predicted molar refractivity (Wildman–Crippen MR) is 103 cm³/mol. The van der Waals surface area contributed by atoms with E-state index in [2.05, 4.69) is 19.0 Å². The van der Waals surface area contributed by atoms with Gasteiger partial charge in [0.25, 0.3) is 6.47 Å². The van der Waals surface area contributed by atoms with Gasteiger partial charge >= 0.3 is 0 Å². The highest BCUT2D eigenvalue weighted by molar-refractivity contribution is 7.10. The third-order valence-corrected chi connectivity index (χ3v) is 5.95. The molecule has 0 aromatic carbocycles. The lowest BCUT2D eigenvalue weighted by molar-refractivity contribution is -0.144. The first-order valence-electron chi connectivity index (χ1n) is 8.88. The molecule has 26 heavy (non-hydrogen) atoms. The summed E-state index contributed by atoms with van der Waals surface area (Å²) >= 11 is 1.65.